The van der Waals surface area contributed by atoms with Gasteiger partial charge in [-0.2, -0.15) is 0 Å². The van der Waals surface area contributed by atoms with E-state index in [-0.39, 0.29) is 6.61 Å². The topological polar surface area (TPSA) is 41.5 Å². The minimum Gasteiger partial charge on any atom is -0.497 e. The fraction of sp³-hybridized carbons (Fsp3) is 0.294. The van der Waals surface area contributed by atoms with E-state index in [1.165, 1.54) is 0 Å². The van der Waals surface area contributed by atoms with E-state index in [2.05, 4.69) is 28.2 Å². The van der Waals surface area contributed by atoms with Crippen molar-refractivity contribution in [1.29, 1.82) is 0 Å². The van der Waals surface area contributed by atoms with Crippen LogP contribution in [0.4, 0.5) is 5.69 Å². The lowest BCUT2D eigenvalue weighted by Crippen LogP contribution is -2.38. The summed E-state index contributed by atoms with van der Waals surface area (Å²) in [6.07, 6.45) is 0.775. The van der Waals surface area contributed by atoms with E-state index < -0.39 is 5.54 Å². The zero-order valence-corrected chi connectivity index (χ0v) is 13.9. The van der Waals surface area contributed by atoms with Crippen molar-refractivity contribution in [1.82, 2.24) is 0 Å². The molecule has 2 N–H and O–H groups in total. The predicted molar refractivity (Wildman–Crippen MR) is 89.8 cm³/mol. The summed E-state index contributed by atoms with van der Waals surface area (Å²) in [5, 5.41) is 13.4. The van der Waals surface area contributed by atoms with Crippen LogP contribution in [0.2, 0.25) is 0 Å². The number of halogens is 1. The van der Waals surface area contributed by atoms with Gasteiger partial charge in [-0.05, 0) is 48.4 Å². The van der Waals surface area contributed by atoms with Gasteiger partial charge in [0, 0.05) is 10.2 Å². The standard InChI is InChI=1S/C17H20BrNO2/c1-3-17(12-20,13-4-6-14(18)7-5-13)19-15-8-10-16(21-2)11-9-15/h4-11,19-20H,3,12H2,1-2H3. The zero-order valence-electron chi connectivity index (χ0n) is 12.3. The summed E-state index contributed by atoms with van der Waals surface area (Å²) >= 11 is 3.44. The molecule has 21 heavy (non-hydrogen) atoms. The van der Waals surface area contributed by atoms with Crippen molar-refractivity contribution in [3.63, 3.8) is 0 Å². The number of ether oxygens (including phenoxy) is 1. The lowest BCUT2D eigenvalue weighted by molar-refractivity contribution is 0.207. The van der Waals surface area contributed by atoms with Gasteiger partial charge in [0.2, 0.25) is 0 Å². The summed E-state index contributed by atoms with van der Waals surface area (Å²) in [6.45, 7) is 2.09. The van der Waals surface area contributed by atoms with Crippen molar-refractivity contribution in [2.45, 2.75) is 18.9 Å². The van der Waals surface area contributed by atoms with Gasteiger partial charge in [-0.3, -0.25) is 0 Å². The van der Waals surface area contributed by atoms with Crippen molar-refractivity contribution in [3.8, 4) is 5.75 Å². The maximum Gasteiger partial charge on any atom is 0.119 e. The Morgan fingerprint density at radius 2 is 1.71 bits per heavy atom. The quantitative estimate of drug-likeness (QED) is 0.822. The number of nitrogens with one attached hydrogen (secondary N) is 1. The number of hydrogen-bond donors (Lipinski definition) is 2. The van der Waals surface area contributed by atoms with Gasteiger partial charge >= 0.3 is 0 Å². The molecular formula is C17H20BrNO2. The highest BCUT2D eigenvalue weighted by Crippen LogP contribution is 2.31. The summed E-state index contributed by atoms with van der Waals surface area (Å²) < 4.78 is 6.19. The predicted octanol–water partition coefficient (Wildman–Crippen LogP) is 4.17. The van der Waals surface area contributed by atoms with Crippen LogP contribution in [0.15, 0.2) is 53.0 Å². The number of aliphatic hydroxyl groups excluding tert-OH is 1. The summed E-state index contributed by atoms with van der Waals surface area (Å²) in [7, 11) is 1.65. The van der Waals surface area contributed by atoms with E-state index in [1.807, 2.05) is 48.5 Å². The molecule has 0 amide bonds. The Morgan fingerprint density at radius 1 is 1.10 bits per heavy atom. The molecule has 1 unspecified atom stereocenters. The van der Waals surface area contributed by atoms with Gasteiger partial charge in [-0.1, -0.05) is 35.0 Å². The lowest BCUT2D eigenvalue weighted by atomic mass is 9.87. The molecule has 0 fully saturated rings. The molecule has 0 aromatic heterocycles. The summed E-state index contributed by atoms with van der Waals surface area (Å²) in [5.74, 6) is 0.815. The van der Waals surface area contributed by atoms with Crippen LogP contribution in [0.3, 0.4) is 0 Å². The highest BCUT2D eigenvalue weighted by molar-refractivity contribution is 9.10. The van der Waals surface area contributed by atoms with E-state index in [0.29, 0.717) is 0 Å². The van der Waals surface area contributed by atoms with Gasteiger partial charge in [-0.25, -0.2) is 0 Å². The molecule has 0 bridgehead atoms. The molecule has 4 heteroatoms. The van der Waals surface area contributed by atoms with Crippen LogP contribution in [0.1, 0.15) is 18.9 Å². The maximum absolute atomic E-state index is 9.96. The lowest BCUT2D eigenvalue weighted by Gasteiger charge is -2.34. The first-order valence-corrected chi connectivity index (χ1v) is 7.72. The normalized spacial score (nSPS) is 13.5. The Hall–Kier alpha value is -1.52. The van der Waals surface area contributed by atoms with E-state index in [0.717, 1.165) is 27.9 Å². The number of benzene rings is 2. The largest absolute Gasteiger partial charge is 0.497 e. The van der Waals surface area contributed by atoms with Crippen LogP contribution in [0, 0.1) is 0 Å². The van der Waals surface area contributed by atoms with Crippen molar-refractivity contribution in [2.75, 3.05) is 19.0 Å². The van der Waals surface area contributed by atoms with Crippen LogP contribution in [0.25, 0.3) is 0 Å². The van der Waals surface area contributed by atoms with Crippen LogP contribution >= 0.6 is 15.9 Å². The highest BCUT2D eigenvalue weighted by atomic mass is 79.9. The molecule has 2 aromatic carbocycles. The molecule has 3 nitrogen and oxygen atoms in total. The van der Waals surface area contributed by atoms with Crippen LogP contribution < -0.4 is 10.1 Å². The van der Waals surface area contributed by atoms with Crippen molar-refractivity contribution in [2.24, 2.45) is 0 Å². The maximum atomic E-state index is 9.96. The van der Waals surface area contributed by atoms with Gasteiger partial charge < -0.3 is 15.2 Å². The molecule has 2 rings (SSSR count). The van der Waals surface area contributed by atoms with Gasteiger partial charge in [0.05, 0.1) is 19.3 Å². The summed E-state index contributed by atoms with van der Waals surface area (Å²) in [6, 6.07) is 15.8. The molecule has 0 radical (unpaired) electrons. The summed E-state index contributed by atoms with van der Waals surface area (Å²) in [5.41, 5.74) is 1.52. The minimum atomic E-state index is -0.491. The van der Waals surface area contributed by atoms with Gasteiger partial charge in [0.1, 0.15) is 5.75 Å². The molecule has 2 aromatic rings. The smallest absolute Gasteiger partial charge is 0.119 e. The molecule has 0 spiro atoms. The Bertz CT molecular complexity index is 562. The van der Waals surface area contributed by atoms with E-state index >= 15 is 0 Å². The van der Waals surface area contributed by atoms with Crippen molar-refractivity contribution < 1.29 is 9.84 Å². The first kappa shape index (κ1) is 15.9. The monoisotopic (exact) mass is 349 g/mol. The average molecular weight is 350 g/mol. The number of rotatable bonds is 6. The number of aliphatic hydroxyl groups is 1. The second-order valence-electron chi connectivity index (χ2n) is 4.95. The molecule has 0 aliphatic carbocycles. The first-order chi connectivity index (χ1) is 10.1. The van der Waals surface area contributed by atoms with Crippen LogP contribution in [-0.2, 0) is 5.54 Å². The van der Waals surface area contributed by atoms with E-state index in [1.54, 1.807) is 7.11 Å². The number of anilines is 1. The molecular weight excluding hydrogens is 330 g/mol. The molecule has 1 atom stereocenters. The van der Waals surface area contributed by atoms with Gasteiger partial charge in [0.25, 0.3) is 0 Å². The van der Waals surface area contributed by atoms with Gasteiger partial charge in [0.15, 0.2) is 0 Å². The Balaban J connectivity index is 2.30. The van der Waals surface area contributed by atoms with E-state index in [9.17, 15) is 5.11 Å². The molecule has 0 aliphatic rings. The third kappa shape index (κ3) is 3.57. The molecule has 0 saturated heterocycles. The van der Waals surface area contributed by atoms with Gasteiger partial charge in [-0.15, -0.1) is 0 Å². The third-order valence-corrected chi connectivity index (χ3v) is 4.27. The fourth-order valence-electron chi connectivity index (χ4n) is 2.33. The molecule has 0 aliphatic heterocycles. The fourth-order valence-corrected chi connectivity index (χ4v) is 2.59. The average Bonchev–Trinajstić information content (AvgIpc) is 2.54. The second kappa shape index (κ2) is 6.96. The first-order valence-electron chi connectivity index (χ1n) is 6.92. The SMILES string of the molecule is CCC(CO)(Nc1ccc(OC)cc1)c1ccc(Br)cc1. The Labute approximate surface area is 134 Å². The number of methoxy groups -OCH3 is 1. The summed E-state index contributed by atoms with van der Waals surface area (Å²) in [4.78, 5) is 0. The Morgan fingerprint density at radius 3 is 2.19 bits per heavy atom. The van der Waals surface area contributed by atoms with Crippen molar-refractivity contribution in [3.05, 3.63) is 58.6 Å². The Kier molecular flexibility index (Phi) is 5.26. The number of hydrogen-bond acceptors (Lipinski definition) is 3. The molecule has 0 saturated carbocycles. The molecule has 112 valence electrons. The van der Waals surface area contributed by atoms with E-state index in [4.69, 9.17) is 4.74 Å². The van der Waals surface area contributed by atoms with Crippen LogP contribution in [-0.4, -0.2) is 18.8 Å². The second-order valence-corrected chi connectivity index (χ2v) is 5.87. The third-order valence-electron chi connectivity index (χ3n) is 3.74. The van der Waals surface area contributed by atoms with Crippen molar-refractivity contribution >= 4 is 21.6 Å². The molecule has 0 heterocycles. The minimum absolute atomic E-state index is 0.0250. The zero-order chi connectivity index (χ0) is 15.3. The van der Waals surface area contributed by atoms with Crippen LogP contribution in [0.5, 0.6) is 5.75 Å². The highest BCUT2D eigenvalue weighted by Gasteiger charge is 2.29.